The number of hydrogen-bond donors (Lipinski definition) is 2. The lowest BCUT2D eigenvalue weighted by atomic mass is 10.1. The maximum atomic E-state index is 11.8. The largest absolute Gasteiger partial charge is 0.444 e. The van der Waals surface area contributed by atoms with Gasteiger partial charge in [0.15, 0.2) is 6.19 Å². The van der Waals surface area contributed by atoms with E-state index in [1.54, 1.807) is 27.8 Å². The van der Waals surface area contributed by atoms with Crippen molar-refractivity contribution in [2.24, 2.45) is 5.73 Å². The second-order valence-electron chi connectivity index (χ2n) is 6.01. The molecule has 0 aliphatic heterocycles. The molecule has 0 aromatic heterocycles. The highest BCUT2D eigenvalue weighted by molar-refractivity contribution is 5.74. The molecule has 0 aromatic carbocycles. The third-order valence-corrected chi connectivity index (χ3v) is 2.68. The maximum absolute atomic E-state index is 11.8. The number of nitrogens with one attached hydrogen (secondary N) is 1. The smallest absolute Gasteiger partial charge is 0.407 e. The molecule has 0 aliphatic rings. The van der Waals surface area contributed by atoms with Gasteiger partial charge >= 0.3 is 6.09 Å². The second-order valence-corrected chi connectivity index (χ2v) is 6.01. The minimum Gasteiger partial charge on any atom is -0.444 e. The van der Waals surface area contributed by atoms with Gasteiger partial charge < -0.3 is 20.7 Å². The zero-order chi connectivity index (χ0) is 16.5. The van der Waals surface area contributed by atoms with Crippen molar-refractivity contribution >= 4 is 12.0 Å². The number of alkyl carbamates (subject to hydrolysis) is 1. The number of carbonyl (C=O) groups is 2. The van der Waals surface area contributed by atoms with Gasteiger partial charge in [0, 0.05) is 26.1 Å². The Bertz CT molecular complexity index is 385. The van der Waals surface area contributed by atoms with Crippen LogP contribution in [-0.2, 0) is 9.53 Å². The topological polar surface area (TPSA) is 108 Å². The fourth-order valence-corrected chi connectivity index (χ4v) is 1.70. The van der Waals surface area contributed by atoms with E-state index < -0.39 is 17.6 Å². The molecule has 1 unspecified atom stereocenters. The number of hydrogen-bond acceptors (Lipinski definition) is 5. The van der Waals surface area contributed by atoms with Gasteiger partial charge in [-0.2, -0.15) is 5.26 Å². The first-order valence-corrected chi connectivity index (χ1v) is 7.02. The van der Waals surface area contributed by atoms with Crippen LogP contribution in [0.5, 0.6) is 0 Å². The van der Waals surface area contributed by atoms with Gasteiger partial charge in [-0.1, -0.05) is 0 Å². The predicted molar refractivity (Wildman–Crippen MR) is 79.1 cm³/mol. The molecule has 0 bridgehead atoms. The lowest BCUT2D eigenvalue weighted by molar-refractivity contribution is -0.118. The van der Waals surface area contributed by atoms with Gasteiger partial charge in [0.25, 0.3) is 0 Å². The summed E-state index contributed by atoms with van der Waals surface area (Å²) in [5, 5.41) is 11.4. The molecular formula is C14H26N4O3. The SMILES string of the molecule is CN(C#N)CCCC(CCC(N)=O)NC(=O)OC(C)(C)C. The molecule has 0 spiro atoms. The van der Waals surface area contributed by atoms with E-state index in [-0.39, 0.29) is 12.5 Å². The normalized spacial score (nSPS) is 12.1. The molecule has 0 aliphatic carbocycles. The van der Waals surface area contributed by atoms with Crippen LogP contribution in [0.25, 0.3) is 0 Å². The highest BCUT2D eigenvalue weighted by atomic mass is 16.6. The summed E-state index contributed by atoms with van der Waals surface area (Å²) >= 11 is 0. The quantitative estimate of drug-likeness (QED) is 0.519. The molecule has 21 heavy (non-hydrogen) atoms. The van der Waals surface area contributed by atoms with Gasteiger partial charge in [0.2, 0.25) is 5.91 Å². The van der Waals surface area contributed by atoms with Gasteiger partial charge in [0.05, 0.1) is 0 Å². The summed E-state index contributed by atoms with van der Waals surface area (Å²) in [5.74, 6) is -0.403. The Balaban J connectivity index is 4.35. The van der Waals surface area contributed by atoms with Crippen molar-refractivity contribution in [2.45, 2.75) is 58.1 Å². The van der Waals surface area contributed by atoms with Crippen molar-refractivity contribution in [1.82, 2.24) is 10.2 Å². The van der Waals surface area contributed by atoms with Crippen molar-refractivity contribution < 1.29 is 14.3 Å². The fraction of sp³-hybridized carbons (Fsp3) is 0.786. The van der Waals surface area contributed by atoms with Crippen LogP contribution in [0.1, 0.15) is 46.5 Å². The van der Waals surface area contributed by atoms with Gasteiger partial charge in [0.1, 0.15) is 5.60 Å². The van der Waals surface area contributed by atoms with Crippen LogP contribution >= 0.6 is 0 Å². The molecule has 7 nitrogen and oxygen atoms in total. The zero-order valence-corrected chi connectivity index (χ0v) is 13.3. The number of primary amides is 1. The molecule has 2 amide bonds. The third kappa shape index (κ3) is 11.5. The summed E-state index contributed by atoms with van der Waals surface area (Å²) in [4.78, 5) is 24.1. The Labute approximate surface area is 126 Å². The average molecular weight is 298 g/mol. The van der Waals surface area contributed by atoms with Crippen molar-refractivity contribution in [3.05, 3.63) is 0 Å². The summed E-state index contributed by atoms with van der Waals surface area (Å²) < 4.78 is 5.19. The van der Waals surface area contributed by atoms with Crippen LogP contribution in [0.3, 0.4) is 0 Å². The summed E-state index contributed by atoms with van der Waals surface area (Å²) in [6.07, 6.45) is 3.54. The summed E-state index contributed by atoms with van der Waals surface area (Å²) in [6, 6.07) is -0.195. The van der Waals surface area contributed by atoms with E-state index in [4.69, 9.17) is 15.7 Å². The summed E-state index contributed by atoms with van der Waals surface area (Å²) in [6.45, 7) is 5.95. The van der Waals surface area contributed by atoms with Crippen LogP contribution < -0.4 is 11.1 Å². The van der Waals surface area contributed by atoms with Crippen molar-refractivity contribution in [3.8, 4) is 6.19 Å². The molecule has 0 rings (SSSR count). The first-order valence-electron chi connectivity index (χ1n) is 7.02. The molecule has 0 saturated carbocycles. The number of rotatable bonds is 8. The van der Waals surface area contributed by atoms with E-state index in [2.05, 4.69) is 5.32 Å². The molecule has 0 saturated heterocycles. The van der Waals surface area contributed by atoms with E-state index in [0.29, 0.717) is 19.4 Å². The Morgan fingerprint density at radius 3 is 2.48 bits per heavy atom. The van der Waals surface area contributed by atoms with Crippen LogP contribution in [0.15, 0.2) is 0 Å². The highest BCUT2D eigenvalue weighted by Crippen LogP contribution is 2.10. The average Bonchev–Trinajstić information content (AvgIpc) is 2.32. The second kappa shape index (κ2) is 9.06. The Morgan fingerprint density at radius 1 is 1.38 bits per heavy atom. The van der Waals surface area contributed by atoms with E-state index in [1.807, 2.05) is 6.19 Å². The Kier molecular flexibility index (Phi) is 8.21. The van der Waals surface area contributed by atoms with Crippen molar-refractivity contribution in [2.75, 3.05) is 13.6 Å². The van der Waals surface area contributed by atoms with Crippen LogP contribution in [0.2, 0.25) is 0 Å². The molecule has 1 atom stereocenters. The van der Waals surface area contributed by atoms with Crippen LogP contribution in [-0.4, -0.2) is 42.1 Å². The minimum absolute atomic E-state index is 0.195. The Hall–Kier alpha value is -1.97. The Morgan fingerprint density at radius 2 is 2.00 bits per heavy atom. The van der Waals surface area contributed by atoms with E-state index >= 15 is 0 Å². The number of nitrogens with two attached hydrogens (primary N) is 1. The van der Waals surface area contributed by atoms with E-state index in [0.717, 1.165) is 6.42 Å². The molecule has 120 valence electrons. The van der Waals surface area contributed by atoms with Gasteiger partial charge in [-0.15, -0.1) is 0 Å². The summed E-state index contributed by atoms with van der Waals surface area (Å²) in [5.41, 5.74) is 4.57. The predicted octanol–water partition coefficient (Wildman–Crippen LogP) is 1.34. The molecule has 7 heteroatoms. The standard InChI is InChI=1S/C14H26N4O3/c1-14(2,3)21-13(20)17-11(7-8-12(16)19)6-5-9-18(4)10-15/h11H,5-9H2,1-4H3,(H2,16,19)(H,17,20). The minimum atomic E-state index is -0.570. The monoisotopic (exact) mass is 298 g/mol. The number of ether oxygens (including phenoxy) is 1. The third-order valence-electron chi connectivity index (χ3n) is 2.68. The lowest BCUT2D eigenvalue weighted by Gasteiger charge is -2.23. The van der Waals surface area contributed by atoms with Gasteiger partial charge in [-0.25, -0.2) is 4.79 Å². The molecule has 3 N–H and O–H groups in total. The number of carbonyl (C=O) groups excluding carboxylic acids is 2. The molecule has 0 fully saturated rings. The first-order chi connectivity index (χ1) is 9.64. The lowest BCUT2D eigenvalue weighted by Crippen LogP contribution is -2.40. The van der Waals surface area contributed by atoms with Gasteiger partial charge in [-0.3, -0.25) is 4.79 Å². The van der Waals surface area contributed by atoms with Crippen molar-refractivity contribution in [3.63, 3.8) is 0 Å². The number of nitriles is 1. The first kappa shape index (κ1) is 19.0. The number of amides is 2. The summed E-state index contributed by atoms with van der Waals surface area (Å²) in [7, 11) is 1.69. The highest BCUT2D eigenvalue weighted by Gasteiger charge is 2.19. The molecule has 0 heterocycles. The van der Waals surface area contributed by atoms with Crippen LogP contribution in [0.4, 0.5) is 4.79 Å². The molecular weight excluding hydrogens is 272 g/mol. The fourth-order valence-electron chi connectivity index (χ4n) is 1.70. The number of nitrogens with zero attached hydrogens (tertiary/aromatic N) is 2. The van der Waals surface area contributed by atoms with Crippen molar-refractivity contribution in [1.29, 1.82) is 5.26 Å². The maximum Gasteiger partial charge on any atom is 0.407 e. The zero-order valence-electron chi connectivity index (χ0n) is 13.3. The van der Waals surface area contributed by atoms with Crippen LogP contribution in [0, 0.1) is 11.5 Å². The van der Waals surface area contributed by atoms with E-state index in [1.165, 1.54) is 4.90 Å². The van der Waals surface area contributed by atoms with E-state index in [9.17, 15) is 9.59 Å². The molecule has 0 radical (unpaired) electrons. The van der Waals surface area contributed by atoms with Gasteiger partial charge in [-0.05, 0) is 40.0 Å². The molecule has 0 aromatic rings.